The van der Waals surface area contributed by atoms with E-state index >= 15 is 0 Å². The first-order chi connectivity index (χ1) is 8.01. The molecule has 92 valence electrons. The SMILES string of the molecule is C=C1C(=O)O[C@H]2C[C@@]3(C)CCCC(=C)[C@@H]3C[C@@H]12. The second-order valence-corrected chi connectivity index (χ2v) is 6.23. The summed E-state index contributed by atoms with van der Waals surface area (Å²) in [6, 6.07) is 0. The third-order valence-electron chi connectivity index (χ3n) is 5.15. The normalized spacial score (nSPS) is 45.2. The lowest BCUT2D eigenvalue weighted by molar-refractivity contribution is -0.142. The van der Waals surface area contributed by atoms with Gasteiger partial charge in [-0.3, -0.25) is 0 Å². The summed E-state index contributed by atoms with van der Waals surface area (Å²) in [6.45, 7) is 10.5. The van der Waals surface area contributed by atoms with E-state index in [1.807, 2.05) is 0 Å². The highest BCUT2D eigenvalue weighted by atomic mass is 16.6. The molecule has 0 spiro atoms. The van der Waals surface area contributed by atoms with Gasteiger partial charge in [-0.05, 0) is 43.4 Å². The van der Waals surface area contributed by atoms with Crippen LogP contribution in [0.5, 0.6) is 0 Å². The van der Waals surface area contributed by atoms with Crippen molar-refractivity contribution in [2.75, 3.05) is 0 Å². The van der Waals surface area contributed by atoms with Gasteiger partial charge in [0.25, 0.3) is 0 Å². The zero-order valence-corrected chi connectivity index (χ0v) is 10.5. The fourth-order valence-electron chi connectivity index (χ4n) is 4.12. The molecule has 0 N–H and O–H groups in total. The van der Waals surface area contributed by atoms with E-state index in [9.17, 15) is 4.79 Å². The molecule has 1 heterocycles. The maximum atomic E-state index is 11.6. The fraction of sp³-hybridized carbons (Fsp3) is 0.667. The molecular formula is C15H20O2. The van der Waals surface area contributed by atoms with Gasteiger partial charge in [-0.1, -0.05) is 25.7 Å². The number of ether oxygens (including phenoxy) is 1. The number of esters is 1. The molecule has 17 heavy (non-hydrogen) atoms. The predicted octanol–water partition coefficient (Wildman–Crippen LogP) is 3.24. The highest BCUT2D eigenvalue weighted by Gasteiger charge is 2.52. The Morgan fingerprint density at radius 3 is 2.94 bits per heavy atom. The molecule has 0 radical (unpaired) electrons. The summed E-state index contributed by atoms with van der Waals surface area (Å²) in [4.78, 5) is 11.6. The summed E-state index contributed by atoms with van der Waals surface area (Å²) in [5.74, 6) is 0.632. The Balaban J connectivity index is 1.91. The Labute approximate surface area is 103 Å². The van der Waals surface area contributed by atoms with E-state index in [-0.39, 0.29) is 18.0 Å². The second-order valence-electron chi connectivity index (χ2n) is 6.23. The summed E-state index contributed by atoms with van der Waals surface area (Å²) in [7, 11) is 0. The Morgan fingerprint density at radius 1 is 1.41 bits per heavy atom. The van der Waals surface area contributed by atoms with Crippen LogP contribution in [0.3, 0.4) is 0 Å². The van der Waals surface area contributed by atoms with Crippen molar-refractivity contribution >= 4 is 5.97 Å². The third kappa shape index (κ3) is 1.50. The molecule has 0 aromatic heterocycles. The maximum absolute atomic E-state index is 11.6. The molecule has 0 bridgehead atoms. The molecule has 2 saturated carbocycles. The van der Waals surface area contributed by atoms with Crippen molar-refractivity contribution in [1.82, 2.24) is 0 Å². The Hall–Kier alpha value is -1.05. The van der Waals surface area contributed by atoms with Crippen LogP contribution in [0.4, 0.5) is 0 Å². The number of hydrogen-bond donors (Lipinski definition) is 0. The Kier molecular flexibility index (Phi) is 2.26. The fourth-order valence-corrected chi connectivity index (χ4v) is 4.12. The molecule has 2 nitrogen and oxygen atoms in total. The minimum absolute atomic E-state index is 0.0853. The summed E-state index contributed by atoms with van der Waals surface area (Å²) in [5, 5.41) is 0. The number of fused-ring (bicyclic) bond motifs is 2. The van der Waals surface area contributed by atoms with Gasteiger partial charge in [0.05, 0.1) is 0 Å². The Bertz CT molecular complexity index is 409. The first kappa shape index (κ1) is 11.1. The van der Waals surface area contributed by atoms with Gasteiger partial charge in [-0.2, -0.15) is 0 Å². The molecule has 1 saturated heterocycles. The standard InChI is InChI=1S/C15H20O2/c1-9-5-4-6-15(3)8-13-11(7-12(9)15)10(2)14(16)17-13/h11-13H,1-2,4-8H2,3H3/t11-,12-,13-,15+/m0/s1. The van der Waals surface area contributed by atoms with Crippen LogP contribution in [0.25, 0.3) is 0 Å². The lowest BCUT2D eigenvalue weighted by atomic mass is 9.56. The monoisotopic (exact) mass is 232 g/mol. The van der Waals surface area contributed by atoms with Crippen LogP contribution in [0.2, 0.25) is 0 Å². The smallest absolute Gasteiger partial charge is 0.334 e. The summed E-state index contributed by atoms with van der Waals surface area (Å²) < 4.78 is 5.46. The van der Waals surface area contributed by atoms with Gasteiger partial charge in [-0.15, -0.1) is 0 Å². The maximum Gasteiger partial charge on any atom is 0.334 e. The van der Waals surface area contributed by atoms with Crippen LogP contribution in [0, 0.1) is 17.3 Å². The molecule has 0 unspecified atom stereocenters. The van der Waals surface area contributed by atoms with Gasteiger partial charge in [0.15, 0.2) is 0 Å². The van der Waals surface area contributed by atoms with Gasteiger partial charge in [0, 0.05) is 11.5 Å². The van der Waals surface area contributed by atoms with Crippen LogP contribution >= 0.6 is 0 Å². The number of carbonyl (C=O) groups is 1. The molecule has 0 aromatic carbocycles. The molecule has 0 aromatic rings. The summed E-state index contributed by atoms with van der Waals surface area (Å²) in [6.07, 6.45) is 5.72. The topological polar surface area (TPSA) is 26.3 Å². The van der Waals surface area contributed by atoms with E-state index < -0.39 is 0 Å². The van der Waals surface area contributed by atoms with E-state index in [2.05, 4.69) is 20.1 Å². The predicted molar refractivity (Wildman–Crippen MR) is 66.3 cm³/mol. The van der Waals surface area contributed by atoms with Crippen LogP contribution < -0.4 is 0 Å². The minimum Gasteiger partial charge on any atom is -0.458 e. The molecule has 2 heteroatoms. The van der Waals surface area contributed by atoms with E-state index in [1.165, 1.54) is 18.4 Å². The molecule has 3 fully saturated rings. The quantitative estimate of drug-likeness (QED) is 0.364. The molecular weight excluding hydrogens is 212 g/mol. The number of carbonyl (C=O) groups excluding carboxylic acids is 1. The molecule has 0 amide bonds. The Morgan fingerprint density at radius 2 is 2.18 bits per heavy atom. The van der Waals surface area contributed by atoms with Gasteiger partial charge in [0.2, 0.25) is 0 Å². The summed E-state index contributed by atoms with van der Waals surface area (Å²) in [5.41, 5.74) is 2.36. The van der Waals surface area contributed by atoms with Crippen molar-refractivity contribution in [2.24, 2.45) is 17.3 Å². The average Bonchev–Trinajstić information content (AvgIpc) is 2.52. The average molecular weight is 232 g/mol. The van der Waals surface area contributed by atoms with Crippen molar-refractivity contribution < 1.29 is 9.53 Å². The lowest BCUT2D eigenvalue weighted by Gasteiger charge is -2.49. The summed E-state index contributed by atoms with van der Waals surface area (Å²) >= 11 is 0. The highest BCUT2D eigenvalue weighted by Crippen LogP contribution is 2.56. The van der Waals surface area contributed by atoms with Crippen LogP contribution in [-0.4, -0.2) is 12.1 Å². The molecule has 4 atom stereocenters. The van der Waals surface area contributed by atoms with Crippen molar-refractivity contribution in [3.63, 3.8) is 0 Å². The first-order valence-corrected chi connectivity index (χ1v) is 6.59. The number of rotatable bonds is 0. The molecule has 3 aliphatic rings. The van der Waals surface area contributed by atoms with Crippen LogP contribution in [0.1, 0.15) is 39.0 Å². The van der Waals surface area contributed by atoms with Crippen molar-refractivity contribution in [3.8, 4) is 0 Å². The number of hydrogen-bond acceptors (Lipinski definition) is 2. The van der Waals surface area contributed by atoms with Gasteiger partial charge >= 0.3 is 5.97 Å². The van der Waals surface area contributed by atoms with Crippen LogP contribution in [-0.2, 0) is 9.53 Å². The van der Waals surface area contributed by atoms with Gasteiger partial charge < -0.3 is 4.74 Å². The zero-order chi connectivity index (χ0) is 12.2. The van der Waals surface area contributed by atoms with Crippen LogP contribution in [0.15, 0.2) is 24.3 Å². The van der Waals surface area contributed by atoms with Crippen molar-refractivity contribution in [3.05, 3.63) is 24.3 Å². The second kappa shape index (κ2) is 3.47. The minimum atomic E-state index is -0.173. The molecule has 3 rings (SSSR count). The molecule has 2 aliphatic carbocycles. The third-order valence-corrected chi connectivity index (χ3v) is 5.15. The van der Waals surface area contributed by atoms with E-state index in [4.69, 9.17) is 4.74 Å². The van der Waals surface area contributed by atoms with E-state index in [1.54, 1.807) is 0 Å². The highest BCUT2D eigenvalue weighted by molar-refractivity contribution is 5.90. The zero-order valence-electron chi connectivity index (χ0n) is 10.5. The van der Waals surface area contributed by atoms with E-state index in [0.717, 1.165) is 19.3 Å². The largest absolute Gasteiger partial charge is 0.458 e. The first-order valence-electron chi connectivity index (χ1n) is 6.59. The lowest BCUT2D eigenvalue weighted by Crippen LogP contribution is -2.43. The van der Waals surface area contributed by atoms with Gasteiger partial charge in [0.1, 0.15) is 6.10 Å². The van der Waals surface area contributed by atoms with E-state index in [0.29, 0.717) is 16.9 Å². The van der Waals surface area contributed by atoms with Crippen molar-refractivity contribution in [2.45, 2.75) is 45.1 Å². The molecule has 1 aliphatic heterocycles. The van der Waals surface area contributed by atoms with Crippen molar-refractivity contribution in [1.29, 1.82) is 0 Å². The van der Waals surface area contributed by atoms with Gasteiger partial charge in [-0.25, -0.2) is 4.79 Å². The number of allylic oxidation sites excluding steroid dienone is 1.